The molecule has 0 saturated heterocycles. The van der Waals surface area contributed by atoms with Crippen molar-refractivity contribution in [3.63, 3.8) is 0 Å². The second-order valence-electron chi connectivity index (χ2n) is 4.35. The fourth-order valence-corrected chi connectivity index (χ4v) is 2.98. The summed E-state index contributed by atoms with van der Waals surface area (Å²) in [4.78, 5) is 5.33. The summed E-state index contributed by atoms with van der Waals surface area (Å²) in [5.41, 5.74) is 0. The molecule has 0 radical (unpaired) electrons. The Labute approximate surface area is 101 Å². The number of rotatable bonds is 5. The van der Waals surface area contributed by atoms with Gasteiger partial charge in [0.1, 0.15) is 0 Å². The predicted octanol–water partition coefficient (Wildman–Crippen LogP) is 4.10. The molecular formula is C12H19NS2. The zero-order valence-electron chi connectivity index (χ0n) is 9.69. The molecule has 0 bridgehead atoms. The van der Waals surface area contributed by atoms with Crippen molar-refractivity contribution in [3.05, 3.63) is 24.5 Å². The van der Waals surface area contributed by atoms with Gasteiger partial charge in [-0.2, -0.15) is 11.8 Å². The molecule has 0 amide bonds. The zero-order valence-corrected chi connectivity index (χ0v) is 11.3. The van der Waals surface area contributed by atoms with Crippen LogP contribution in [0.2, 0.25) is 0 Å². The van der Waals surface area contributed by atoms with Crippen molar-refractivity contribution in [2.45, 2.75) is 36.8 Å². The molecule has 0 aliphatic heterocycles. The maximum Gasteiger partial charge on any atom is 0.0278 e. The van der Waals surface area contributed by atoms with Crippen molar-refractivity contribution in [1.29, 1.82) is 0 Å². The summed E-state index contributed by atoms with van der Waals surface area (Å²) in [6.07, 6.45) is 4.98. The van der Waals surface area contributed by atoms with E-state index < -0.39 is 0 Å². The normalized spacial score (nSPS) is 11.7. The minimum Gasteiger partial charge on any atom is -0.265 e. The Morgan fingerprint density at radius 2 is 1.80 bits per heavy atom. The van der Waals surface area contributed by atoms with E-state index in [-0.39, 0.29) is 0 Å². The molecular weight excluding hydrogens is 222 g/mol. The van der Waals surface area contributed by atoms with E-state index in [4.69, 9.17) is 0 Å². The molecule has 0 fully saturated rings. The Hall–Kier alpha value is -0.150. The first-order chi connectivity index (χ1) is 7.08. The molecule has 0 spiro atoms. The van der Waals surface area contributed by atoms with Gasteiger partial charge in [-0.15, -0.1) is 11.8 Å². The number of hydrogen-bond donors (Lipinski definition) is 0. The van der Waals surface area contributed by atoms with Gasteiger partial charge >= 0.3 is 0 Å². The molecule has 0 atom stereocenters. The highest BCUT2D eigenvalue weighted by molar-refractivity contribution is 8.01. The van der Waals surface area contributed by atoms with Gasteiger partial charge in [-0.25, -0.2) is 0 Å². The summed E-state index contributed by atoms with van der Waals surface area (Å²) < 4.78 is 0.404. The largest absolute Gasteiger partial charge is 0.265 e. The molecule has 84 valence electrons. The molecule has 1 aromatic rings. The van der Waals surface area contributed by atoms with Gasteiger partial charge in [0.25, 0.3) is 0 Å². The van der Waals surface area contributed by atoms with E-state index in [0.29, 0.717) is 4.75 Å². The van der Waals surface area contributed by atoms with Crippen LogP contribution in [0.3, 0.4) is 0 Å². The molecule has 15 heavy (non-hydrogen) atoms. The van der Waals surface area contributed by atoms with Crippen molar-refractivity contribution in [2.24, 2.45) is 0 Å². The Balaban J connectivity index is 2.08. The van der Waals surface area contributed by atoms with Crippen molar-refractivity contribution in [3.8, 4) is 0 Å². The average molecular weight is 241 g/mol. The Morgan fingerprint density at radius 3 is 2.40 bits per heavy atom. The first-order valence-electron chi connectivity index (χ1n) is 5.25. The first-order valence-corrected chi connectivity index (χ1v) is 7.22. The molecule has 0 aliphatic carbocycles. The predicted molar refractivity (Wildman–Crippen MR) is 71.8 cm³/mol. The lowest BCUT2D eigenvalue weighted by Crippen LogP contribution is -2.08. The smallest absolute Gasteiger partial charge is 0.0278 e. The van der Waals surface area contributed by atoms with Gasteiger partial charge in [0.2, 0.25) is 0 Å². The second kappa shape index (κ2) is 6.44. The summed E-state index contributed by atoms with van der Waals surface area (Å²) in [5.74, 6) is 2.45. The van der Waals surface area contributed by atoms with E-state index in [2.05, 4.69) is 37.9 Å². The fourth-order valence-electron chi connectivity index (χ4n) is 1.06. The van der Waals surface area contributed by atoms with Crippen LogP contribution in [0.1, 0.15) is 27.2 Å². The van der Waals surface area contributed by atoms with Crippen LogP contribution in [-0.4, -0.2) is 21.2 Å². The maximum atomic E-state index is 4.00. The van der Waals surface area contributed by atoms with Crippen LogP contribution in [0.4, 0.5) is 0 Å². The van der Waals surface area contributed by atoms with Gasteiger partial charge in [-0.3, -0.25) is 4.98 Å². The molecule has 0 saturated carbocycles. The van der Waals surface area contributed by atoms with E-state index in [0.717, 1.165) is 0 Å². The molecule has 0 N–H and O–H groups in total. The second-order valence-corrected chi connectivity index (χ2v) is 7.44. The van der Waals surface area contributed by atoms with Crippen LogP contribution in [0, 0.1) is 0 Å². The molecule has 0 aliphatic rings. The third-order valence-corrected chi connectivity index (χ3v) is 4.20. The summed E-state index contributed by atoms with van der Waals surface area (Å²) in [5, 5.41) is 0. The number of aromatic nitrogens is 1. The molecule has 1 rings (SSSR count). The van der Waals surface area contributed by atoms with Gasteiger partial charge in [0, 0.05) is 22.0 Å². The highest BCUT2D eigenvalue weighted by Gasteiger charge is 2.09. The number of thioether (sulfide) groups is 2. The Morgan fingerprint density at radius 1 is 1.13 bits per heavy atom. The quantitative estimate of drug-likeness (QED) is 0.569. The highest BCUT2D eigenvalue weighted by Crippen LogP contribution is 2.25. The minimum absolute atomic E-state index is 0.404. The van der Waals surface area contributed by atoms with E-state index >= 15 is 0 Å². The average Bonchev–Trinajstić information content (AvgIpc) is 2.17. The lowest BCUT2D eigenvalue weighted by atomic mass is 10.3. The SMILES string of the molecule is CC(C)(C)SCCCSc1ccncc1. The van der Waals surface area contributed by atoms with Crippen molar-refractivity contribution in [2.75, 3.05) is 11.5 Å². The number of hydrogen-bond acceptors (Lipinski definition) is 3. The highest BCUT2D eigenvalue weighted by atomic mass is 32.2. The van der Waals surface area contributed by atoms with Crippen LogP contribution in [0.5, 0.6) is 0 Å². The molecule has 0 aromatic carbocycles. The maximum absolute atomic E-state index is 4.00. The van der Waals surface area contributed by atoms with E-state index in [9.17, 15) is 0 Å². The van der Waals surface area contributed by atoms with Gasteiger partial charge in [0.05, 0.1) is 0 Å². The zero-order chi connectivity index (χ0) is 11.1. The lowest BCUT2D eigenvalue weighted by Gasteiger charge is -2.16. The van der Waals surface area contributed by atoms with Crippen LogP contribution in [-0.2, 0) is 0 Å². The summed E-state index contributed by atoms with van der Waals surface area (Å²) in [7, 11) is 0. The van der Waals surface area contributed by atoms with Gasteiger partial charge in [0.15, 0.2) is 0 Å². The van der Waals surface area contributed by atoms with Gasteiger partial charge in [-0.05, 0) is 30.1 Å². The van der Waals surface area contributed by atoms with Crippen LogP contribution >= 0.6 is 23.5 Å². The lowest BCUT2D eigenvalue weighted by molar-refractivity contribution is 0.801. The van der Waals surface area contributed by atoms with E-state index in [1.807, 2.05) is 35.9 Å². The van der Waals surface area contributed by atoms with Crippen molar-refractivity contribution < 1.29 is 0 Å². The van der Waals surface area contributed by atoms with E-state index in [1.54, 1.807) is 0 Å². The van der Waals surface area contributed by atoms with Crippen molar-refractivity contribution in [1.82, 2.24) is 4.98 Å². The van der Waals surface area contributed by atoms with Gasteiger partial charge in [-0.1, -0.05) is 20.8 Å². The van der Waals surface area contributed by atoms with Crippen LogP contribution in [0.25, 0.3) is 0 Å². The molecule has 1 nitrogen and oxygen atoms in total. The molecule has 1 heterocycles. The van der Waals surface area contributed by atoms with Crippen LogP contribution < -0.4 is 0 Å². The van der Waals surface area contributed by atoms with Crippen LogP contribution in [0.15, 0.2) is 29.4 Å². The fraction of sp³-hybridized carbons (Fsp3) is 0.583. The topological polar surface area (TPSA) is 12.9 Å². The number of pyridine rings is 1. The van der Waals surface area contributed by atoms with Crippen molar-refractivity contribution >= 4 is 23.5 Å². The minimum atomic E-state index is 0.404. The molecule has 0 unspecified atom stereocenters. The monoisotopic (exact) mass is 241 g/mol. The Kier molecular flexibility index (Phi) is 5.54. The standard InChI is InChI=1S/C12H19NS2/c1-12(2,3)15-10-4-9-14-11-5-7-13-8-6-11/h5-8H,4,9-10H2,1-3H3. The van der Waals surface area contributed by atoms with E-state index in [1.165, 1.54) is 22.8 Å². The summed E-state index contributed by atoms with van der Waals surface area (Å²) in [6.45, 7) is 6.81. The number of nitrogens with zero attached hydrogens (tertiary/aromatic N) is 1. The third kappa shape index (κ3) is 6.85. The first kappa shape index (κ1) is 12.9. The molecule has 3 heteroatoms. The summed E-state index contributed by atoms with van der Waals surface area (Å²) >= 11 is 3.96. The third-order valence-electron chi connectivity index (χ3n) is 1.74. The summed E-state index contributed by atoms with van der Waals surface area (Å²) in [6, 6.07) is 4.14. The Bertz CT molecular complexity index is 267. The molecule has 1 aromatic heterocycles. The van der Waals surface area contributed by atoms with Gasteiger partial charge < -0.3 is 0 Å².